The van der Waals surface area contributed by atoms with Crippen molar-refractivity contribution in [3.8, 4) is 0 Å². The normalized spacial score (nSPS) is 31.3. The van der Waals surface area contributed by atoms with Crippen LogP contribution in [0.1, 0.15) is 19.3 Å². The maximum atomic E-state index is 12.3. The first-order chi connectivity index (χ1) is 7.60. The lowest BCUT2D eigenvalue weighted by Crippen LogP contribution is -2.53. The molecule has 2 heterocycles. The van der Waals surface area contributed by atoms with Gasteiger partial charge in [0.1, 0.15) is 6.04 Å². The number of likely N-dealkylation sites (tertiary alicyclic amines) is 1. The number of carbonyl (C=O) groups excluding carboxylic acids is 2. The van der Waals surface area contributed by atoms with Gasteiger partial charge in [0.2, 0.25) is 11.8 Å². The number of rotatable bonds is 3. The topological polar surface area (TPSA) is 75.4 Å². The van der Waals surface area contributed by atoms with Crippen molar-refractivity contribution in [1.29, 1.82) is 0 Å². The number of carbonyl (C=O) groups is 2. The first-order valence-electron chi connectivity index (χ1n) is 5.57. The number of nitrogens with zero attached hydrogens (tertiary/aromatic N) is 1. The highest BCUT2D eigenvalue weighted by Crippen LogP contribution is 2.32. The van der Waals surface area contributed by atoms with Crippen molar-refractivity contribution >= 4 is 24.4 Å². The number of hydrogen-bond acceptors (Lipinski definition) is 4. The van der Waals surface area contributed by atoms with Gasteiger partial charge in [0.25, 0.3) is 0 Å². The van der Waals surface area contributed by atoms with Crippen molar-refractivity contribution in [2.75, 3.05) is 18.8 Å². The number of nitrogens with one attached hydrogen (secondary N) is 1. The second-order valence-electron chi connectivity index (χ2n) is 4.46. The molecule has 2 fully saturated rings. The molecule has 3 N–H and O–H groups in total. The van der Waals surface area contributed by atoms with E-state index in [-0.39, 0.29) is 11.7 Å². The van der Waals surface area contributed by atoms with Gasteiger partial charge >= 0.3 is 0 Å². The molecule has 1 spiro atoms. The zero-order valence-electron chi connectivity index (χ0n) is 9.11. The predicted molar refractivity (Wildman–Crippen MR) is 63.1 cm³/mol. The Morgan fingerprint density at radius 3 is 2.88 bits per heavy atom. The highest BCUT2D eigenvalue weighted by molar-refractivity contribution is 7.80. The van der Waals surface area contributed by atoms with Gasteiger partial charge in [0, 0.05) is 12.3 Å². The smallest absolute Gasteiger partial charge is 0.243 e. The maximum Gasteiger partial charge on any atom is 0.243 e. The van der Waals surface area contributed by atoms with Crippen LogP contribution in [0, 0.1) is 0 Å². The lowest BCUT2D eigenvalue weighted by molar-refractivity contribution is -0.138. The summed E-state index contributed by atoms with van der Waals surface area (Å²) < 4.78 is 0. The summed E-state index contributed by atoms with van der Waals surface area (Å²) in [4.78, 5) is 25.1. The first-order valence-corrected chi connectivity index (χ1v) is 6.20. The molecule has 1 unspecified atom stereocenters. The lowest BCUT2D eigenvalue weighted by atomic mass is 9.96. The molecule has 90 valence electrons. The standard InChI is InChI=1S/C10H17N3O2S/c11-8(14)7(6-16)13-5-3-10(9(13)15)2-1-4-12-10/h7,12,16H,1-6H2,(H2,11,14)/t7-,10?/m0/s1. The number of nitrogens with two attached hydrogens (primary N) is 1. The molecule has 0 aromatic heterocycles. The number of thiol groups is 1. The van der Waals surface area contributed by atoms with E-state index in [4.69, 9.17) is 5.73 Å². The molecule has 5 nitrogen and oxygen atoms in total. The Hall–Kier alpha value is -0.750. The summed E-state index contributed by atoms with van der Waals surface area (Å²) >= 11 is 4.09. The van der Waals surface area contributed by atoms with Crippen LogP contribution in [0.2, 0.25) is 0 Å². The van der Waals surface area contributed by atoms with Crippen LogP contribution in [0.25, 0.3) is 0 Å². The average molecular weight is 243 g/mol. The summed E-state index contributed by atoms with van der Waals surface area (Å²) in [6.07, 6.45) is 2.64. The Morgan fingerprint density at radius 2 is 2.38 bits per heavy atom. The summed E-state index contributed by atoms with van der Waals surface area (Å²) in [6, 6.07) is -0.572. The second kappa shape index (κ2) is 4.25. The van der Waals surface area contributed by atoms with Gasteiger partial charge in [-0.1, -0.05) is 0 Å². The van der Waals surface area contributed by atoms with Crippen molar-refractivity contribution in [3.63, 3.8) is 0 Å². The Bertz CT molecular complexity index is 315. The largest absolute Gasteiger partial charge is 0.368 e. The Kier molecular flexibility index (Phi) is 3.12. The monoisotopic (exact) mass is 243 g/mol. The van der Waals surface area contributed by atoms with Crippen LogP contribution in [0.4, 0.5) is 0 Å². The third-order valence-corrected chi connectivity index (χ3v) is 3.92. The second-order valence-corrected chi connectivity index (χ2v) is 4.83. The summed E-state index contributed by atoms with van der Waals surface area (Å²) in [6.45, 7) is 1.47. The van der Waals surface area contributed by atoms with Gasteiger partial charge in [-0.05, 0) is 25.8 Å². The molecule has 16 heavy (non-hydrogen) atoms. The molecule has 2 atom stereocenters. The zero-order valence-corrected chi connectivity index (χ0v) is 10.0. The van der Waals surface area contributed by atoms with Crippen LogP contribution in [0.3, 0.4) is 0 Å². The molecule has 0 radical (unpaired) electrons. The first kappa shape index (κ1) is 11.7. The molecule has 2 rings (SSSR count). The van der Waals surface area contributed by atoms with Gasteiger partial charge in [0.15, 0.2) is 0 Å². The van der Waals surface area contributed by atoms with Gasteiger partial charge in [0.05, 0.1) is 5.54 Å². The molecule has 2 amide bonds. The Balaban J connectivity index is 2.14. The lowest BCUT2D eigenvalue weighted by Gasteiger charge is -2.27. The molecule has 2 saturated heterocycles. The fraction of sp³-hybridized carbons (Fsp3) is 0.800. The predicted octanol–water partition coefficient (Wildman–Crippen LogP) is -0.875. The van der Waals surface area contributed by atoms with Crippen LogP contribution in [-0.4, -0.2) is 47.1 Å². The van der Waals surface area contributed by atoms with Crippen molar-refractivity contribution in [1.82, 2.24) is 10.2 Å². The highest BCUT2D eigenvalue weighted by Gasteiger charge is 2.50. The SMILES string of the molecule is NC(=O)[C@H](CS)N1CCC2(CCCN2)C1=O. The minimum atomic E-state index is -0.572. The van der Waals surface area contributed by atoms with Crippen LogP contribution in [0.15, 0.2) is 0 Å². The summed E-state index contributed by atoms with van der Waals surface area (Å²) in [5, 5.41) is 3.26. The van der Waals surface area contributed by atoms with Gasteiger partial charge < -0.3 is 16.0 Å². The van der Waals surface area contributed by atoms with E-state index in [2.05, 4.69) is 17.9 Å². The molecule has 2 aliphatic heterocycles. The van der Waals surface area contributed by atoms with Gasteiger partial charge in [-0.2, -0.15) is 12.6 Å². The molecule has 2 aliphatic rings. The van der Waals surface area contributed by atoms with Crippen molar-refractivity contribution in [3.05, 3.63) is 0 Å². The highest BCUT2D eigenvalue weighted by atomic mass is 32.1. The number of hydrogen-bond donors (Lipinski definition) is 3. The van der Waals surface area contributed by atoms with E-state index >= 15 is 0 Å². The van der Waals surface area contributed by atoms with Gasteiger partial charge in [-0.3, -0.25) is 9.59 Å². The van der Waals surface area contributed by atoms with Crippen LogP contribution in [-0.2, 0) is 9.59 Å². The third kappa shape index (κ3) is 1.69. The fourth-order valence-corrected chi connectivity index (χ4v) is 3.01. The number of amides is 2. The number of primary amides is 1. The zero-order chi connectivity index (χ0) is 11.8. The van der Waals surface area contributed by atoms with Crippen LogP contribution in [0.5, 0.6) is 0 Å². The fourth-order valence-electron chi connectivity index (χ4n) is 2.64. The van der Waals surface area contributed by atoms with E-state index in [1.54, 1.807) is 4.90 Å². The van der Waals surface area contributed by atoms with Crippen molar-refractivity contribution in [2.24, 2.45) is 5.73 Å². The minimum Gasteiger partial charge on any atom is -0.368 e. The molecule has 0 bridgehead atoms. The Morgan fingerprint density at radius 1 is 1.62 bits per heavy atom. The maximum absolute atomic E-state index is 12.3. The van der Waals surface area contributed by atoms with E-state index in [0.717, 1.165) is 25.8 Å². The van der Waals surface area contributed by atoms with E-state index in [1.165, 1.54) is 0 Å². The van der Waals surface area contributed by atoms with Crippen molar-refractivity contribution < 1.29 is 9.59 Å². The van der Waals surface area contributed by atoms with Gasteiger partial charge in [-0.15, -0.1) is 0 Å². The van der Waals surface area contributed by atoms with Crippen LogP contribution < -0.4 is 11.1 Å². The van der Waals surface area contributed by atoms with E-state index in [1.807, 2.05) is 0 Å². The molecule has 0 aromatic rings. The van der Waals surface area contributed by atoms with E-state index < -0.39 is 17.5 Å². The molecule has 0 aliphatic carbocycles. The van der Waals surface area contributed by atoms with E-state index in [9.17, 15) is 9.59 Å². The molecule has 0 aromatic carbocycles. The molecular formula is C10H17N3O2S. The third-order valence-electron chi connectivity index (χ3n) is 3.57. The summed E-state index contributed by atoms with van der Waals surface area (Å²) in [7, 11) is 0. The Labute approximate surface area is 100 Å². The molecule has 6 heteroatoms. The molecule has 0 saturated carbocycles. The quantitative estimate of drug-likeness (QED) is 0.564. The minimum absolute atomic E-state index is 0.0165. The summed E-state index contributed by atoms with van der Waals surface area (Å²) in [5.41, 5.74) is 4.85. The van der Waals surface area contributed by atoms with Crippen molar-refractivity contribution in [2.45, 2.75) is 30.8 Å². The van der Waals surface area contributed by atoms with Gasteiger partial charge in [-0.25, -0.2) is 0 Å². The average Bonchev–Trinajstić information content (AvgIpc) is 2.82. The molecular weight excluding hydrogens is 226 g/mol. The van der Waals surface area contributed by atoms with Crippen LogP contribution >= 0.6 is 12.6 Å². The van der Waals surface area contributed by atoms with E-state index in [0.29, 0.717) is 6.54 Å². The summed E-state index contributed by atoms with van der Waals surface area (Å²) in [5.74, 6) is -0.168.